The van der Waals surface area contributed by atoms with Gasteiger partial charge in [-0.05, 0) is 45.7 Å². The largest absolute Gasteiger partial charge is 0.309 e. The average molecular weight is 266 g/mol. The second kappa shape index (κ2) is 5.32. The highest BCUT2D eigenvalue weighted by molar-refractivity contribution is 7.12. The second-order valence-electron chi connectivity index (χ2n) is 6.00. The fourth-order valence-electron chi connectivity index (χ4n) is 2.56. The predicted molar refractivity (Wildman–Crippen MR) is 80.4 cm³/mol. The highest BCUT2D eigenvalue weighted by Gasteiger charge is 2.32. The van der Waals surface area contributed by atoms with Crippen molar-refractivity contribution in [2.24, 2.45) is 0 Å². The van der Waals surface area contributed by atoms with Crippen molar-refractivity contribution in [1.82, 2.24) is 10.2 Å². The fraction of sp³-hybridized carbons (Fsp3) is 0.733. The molecule has 2 atom stereocenters. The van der Waals surface area contributed by atoms with Crippen LogP contribution in [-0.2, 0) is 6.54 Å². The van der Waals surface area contributed by atoms with Gasteiger partial charge in [0.1, 0.15) is 0 Å². The third kappa shape index (κ3) is 2.95. The van der Waals surface area contributed by atoms with E-state index >= 15 is 0 Å². The van der Waals surface area contributed by atoms with Gasteiger partial charge in [0, 0.05) is 41.0 Å². The van der Waals surface area contributed by atoms with Crippen molar-refractivity contribution < 1.29 is 0 Å². The Labute approximate surface area is 115 Å². The first-order valence-electron chi connectivity index (χ1n) is 6.98. The number of hydrogen-bond acceptors (Lipinski definition) is 3. The maximum absolute atomic E-state index is 3.69. The molecule has 2 nitrogen and oxygen atoms in total. The van der Waals surface area contributed by atoms with Gasteiger partial charge in [0.2, 0.25) is 0 Å². The highest BCUT2D eigenvalue weighted by Crippen LogP contribution is 2.25. The van der Waals surface area contributed by atoms with Crippen LogP contribution in [0.3, 0.4) is 0 Å². The Morgan fingerprint density at radius 2 is 2.22 bits per heavy atom. The molecule has 102 valence electrons. The Bertz CT molecular complexity index is 393. The summed E-state index contributed by atoms with van der Waals surface area (Å²) in [7, 11) is 0. The van der Waals surface area contributed by atoms with E-state index < -0.39 is 0 Å². The van der Waals surface area contributed by atoms with Crippen LogP contribution in [0, 0.1) is 13.8 Å². The summed E-state index contributed by atoms with van der Waals surface area (Å²) in [5.41, 5.74) is 1.73. The highest BCUT2D eigenvalue weighted by atomic mass is 32.1. The Morgan fingerprint density at radius 1 is 1.50 bits per heavy atom. The summed E-state index contributed by atoms with van der Waals surface area (Å²) in [6.45, 7) is 14.8. The van der Waals surface area contributed by atoms with Crippen LogP contribution in [0.2, 0.25) is 0 Å². The van der Waals surface area contributed by atoms with Crippen molar-refractivity contribution in [1.29, 1.82) is 0 Å². The second-order valence-corrected chi connectivity index (χ2v) is 7.34. The fourth-order valence-corrected chi connectivity index (χ4v) is 3.64. The van der Waals surface area contributed by atoms with E-state index in [4.69, 9.17) is 0 Å². The Kier molecular flexibility index (Phi) is 4.15. The average Bonchev–Trinajstić information content (AvgIpc) is 2.63. The molecule has 0 radical (unpaired) electrons. The van der Waals surface area contributed by atoms with Gasteiger partial charge in [-0.15, -0.1) is 11.3 Å². The Hall–Kier alpha value is -0.380. The van der Waals surface area contributed by atoms with Crippen molar-refractivity contribution >= 4 is 11.3 Å². The van der Waals surface area contributed by atoms with Crippen LogP contribution in [0.4, 0.5) is 0 Å². The van der Waals surface area contributed by atoms with Crippen LogP contribution in [0.25, 0.3) is 0 Å². The minimum absolute atomic E-state index is 0.286. The van der Waals surface area contributed by atoms with Gasteiger partial charge in [0.15, 0.2) is 0 Å². The quantitative estimate of drug-likeness (QED) is 0.903. The molecule has 0 amide bonds. The maximum atomic E-state index is 3.69. The lowest BCUT2D eigenvalue weighted by Gasteiger charge is -2.44. The summed E-state index contributed by atoms with van der Waals surface area (Å²) in [4.78, 5) is 5.60. The van der Waals surface area contributed by atoms with Crippen LogP contribution in [0.5, 0.6) is 0 Å². The number of nitrogens with one attached hydrogen (secondary N) is 1. The van der Waals surface area contributed by atoms with Gasteiger partial charge in [-0.2, -0.15) is 0 Å². The first kappa shape index (κ1) is 14.0. The molecule has 3 heteroatoms. The van der Waals surface area contributed by atoms with Gasteiger partial charge < -0.3 is 5.32 Å². The van der Waals surface area contributed by atoms with Crippen molar-refractivity contribution in [3.8, 4) is 0 Å². The first-order chi connectivity index (χ1) is 8.43. The van der Waals surface area contributed by atoms with Crippen LogP contribution in [-0.4, -0.2) is 29.6 Å². The van der Waals surface area contributed by atoms with Gasteiger partial charge in [-0.1, -0.05) is 6.92 Å². The van der Waals surface area contributed by atoms with E-state index in [9.17, 15) is 0 Å². The summed E-state index contributed by atoms with van der Waals surface area (Å²) >= 11 is 1.96. The van der Waals surface area contributed by atoms with E-state index in [-0.39, 0.29) is 5.54 Å². The van der Waals surface area contributed by atoms with Gasteiger partial charge in [0.05, 0.1) is 0 Å². The third-order valence-corrected chi connectivity index (χ3v) is 5.49. The molecular weight excluding hydrogens is 240 g/mol. The summed E-state index contributed by atoms with van der Waals surface area (Å²) in [5, 5.41) is 3.69. The summed E-state index contributed by atoms with van der Waals surface area (Å²) in [6.07, 6.45) is 1.19. The number of rotatable bonds is 3. The van der Waals surface area contributed by atoms with E-state index in [1.807, 2.05) is 11.3 Å². The SMILES string of the molecule is CCC1(C)CN(Cc2cc(C)c(C)s2)C(C)CN1. The molecule has 1 aliphatic heterocycles. The summed E-state index contributed by atoms with van der Waals surface area (Å²) in [6, 6.07) is 2.99. The van der Waals surface area contributed by atoms with Crippen LogP contribution in [0.15, 0.2) is 6.07 Å². The number of nitrogens with zero attached hydrogens (tertiary/aromatic N) is 1. The minimum Gasteiger partial charge on any atom is -0.309 e. The molecule has 1 saturated heterocycles. The first-order valence-corrected chi connectivity index (χ1v) is 7.80. The topological polar surface area (TPSA) is 15.3 Å². The van der Waals surface area contributed by atoms with Gasteiger partial charge in [-0.3, -0.25) is 4.90 Å². The molecule has 18 heavy (non-hydrogen) atoms. The molecular formula is C15H26N2S. The summed E-state index contributed by atoms with van der Waals surface area (Å²) in [5.74, 6) is 0. The molecule has 1 N–H and O–H groups in total. The lowest BCUT2D eigenvalue weighted by molar-refractivity contribution is 0.0875. The lowest BCUT2D eigenvalue weighted by Crippen LogP contribution is -2.61. The Morgan fingerprint density at radius 3 is 2.78 bits per heavy atom. The maximum Gasteiger partial charge on any atom is 0.0332 e. The molecule has 2 heterocycles. The van der Waals surface area contributed by atoms with E-state index in [0.29, 0.717) is 6.04 Å². The molecule has 2 rings (SSSR count). The standard InChI is InChI=1S/C15H26N2S/c1-6-15(5)10-17(12(3)8-16-15)9-14-7-11(2)13(4)18-14/h7,12,16H,6,8-10H2,1-5H3. The minimum atomic E-state index is 0.286. The van der Waals surface area contributed by atoms with Crippen molar-refractivity contribution in [3.63, 3.8) is 0 Å². The number of aryl methyl sites for hydroxylation is 2. The number of piperazine rings is 1. The molecule has 1 aliphatic rings. The number of hydrogen-bond donors (Lipinski definition) is 1. The van der Waals surface area contributed by atoms with E-state index in [1.165, 1.54) is 21.7 Å². The van der Waals surface area contributed by atoms with E-state index in [1.54, 1.807) is 0 Å². The molecule has 1 aromatic heterocycles. The van der Waals surface area contributed by atoms with Crippen molar-refractivity contribution in [2.45, 2.75) is 59.2 Å². The van der Waals surface area contributed by atoms with E-state index in [0.717, 1.165) is 19.6 Å². The molecule has 1 aromatic rings. The lowest BCUT2D eigenvalue weighted by atomic mass is 9.94. The molecule has 0 saturated carbocycles. The van der Waals surface area contributed by atoms with Gasteiger partial charge >= 0.3 is 0 Å². The summed E-state index contributed by atoms with van der Waals surface area (Å²) < 4.78 is 0. The zero-order chi connectivity index (χ0) is 13.3. The number of thiophene rings is 1. The third-order valence-electron chi connectivity index (χ3n) is 4.36. The molecule has 0 aliphatic carbocycles. The molecule has 0 spiro atoms. The van der Waals surface area contributed by atoms with E-state index in [2.05, 4.69) is 50.9 Å². The molecule has 1 fully saturated rings. The molecule has 0 bridgehead atoms. The Balaban J connectivity index is 2.07. The predicted octanol–water partition coefficient (Wildman–Crippen LogP) is 3.33. The van der Waals surface area contributed by atoms with Crippen LogP contribution in [0.1, 0.15) is 42.5 Å². The van der Waals surface area contributed by atoms with Crippen LogP contribution < -0.4 is 5.32 Å². The smallest absolute Gasteiger partial charge is 0.0332 e. The monoisotopic (exact) mass is 266 g/mol. The van der Waals surface area contributed by atoms with Gasteiger partial charge in [-0.25, -0.2) is 0 Å². The normalized spacial score (nSPS) is 29.7. The zero-order valence-electron chi connectivity index (χ0n) is 12.3. The molecule has 0 aromatic carbocycles. The van der Waals surface area contributed by atoms with Gasteiger partial charge in [0.25, 0.3) is 0 Å². The molecule has 2 unspecified atom stereocenters. The zero-order valence-corrected chi connectivity index (χ0v) is 13.2. The van der Waals surface area contributed by atoms with Crippen molar-refractivity contribution in [2.75, 3.05) is 13.1 Å². The van der Waals surface area contributed by atoms with Crippen LogP contribution >= 0.6 is 11.3 Å². The van der Waals surface area contributed by atoms with Crippen molar-refractivity contribution in [3.05, 3.63) is 21.4 Å².